The second-order valence-electron chi connectivity index (χ2n) is 7.34. The number of amides is 1. The van der Waals surface area contributed by atoms with Crippen molar-refractivity contribution < 1.29 is 29.3 Å². The van der Waals surface area contributed by atoms with Crippen molar-refractivity contribution in [3.05, 3.63) is 35.5 Å². The third-order valence-corrected chi connectivity index (χ3v) is 4.64. The molecule has 150 valence electrons. The van der Waals surface area contributed by atoms with Gasteiger partial charge in [0, 0.05) is 17.9 Å². The van der Waals surface area contributed by atoms with Gasteiger partial charge in [-0.05, 0) is 44.1 Å². The molecule has 2 atom stereocenters. The minimum Gasteiger partial charge on any atom is -0.464 e. The summed E-state index contributed by atoms with van der Waals surface area (Å²) in [5.41, 5.74) is -0.930. The van der Waals surface area contributed by atoms with Gasteiger partial charge in [0.2, 0.25) is 5.91 Å². The lowest BCUT2D eigenvalue weighted by Crippen LogP contribution is -2.48. The van der Waals surface area contributed by atoms with E-state index in [1.165, 1.54) is 12.2 Å². The molecule has 3 N–H and O–H groups in total. The Morgan fingerprint density at radius 3 is 2.56 bits per heavy atom. The van der Waals surface area contributed by atoms with Crippen molar-refractivity contribution in [2.45, 2.75) is 52.7 Å². The highest BCUT2D eigenvalue weighted by Gasteiger charge is 2.46. The van der Waals surface area contributed by atoms with Crippen LogP contribution in [0.5, 0.6) is 0 Å². The number of hydrogen-bond acceptors (Lipinski definition) is 6. The maximum atomic E-state index is 12.0. The van der Waals surface area contributed by atoms with Crippen LogP contribution in [0.4, 0.5) is 0 Å². The summed E-state index contributed by atoms with van der Waals surface area (Å²) in [7, 11) is 0. The molecule has 7 nitrogen and oxygen atoms in total. The average molecular weight is 379 g/mol. The molecule has 7 heteroatoms. The third-order valence-electron chi connectivity index (χ3n) is 4.64. The first-order chi connectivity index (χ1) is 12.5. The van der Waals surface area contributed by atoms with Crippen molar-refractivity contribution in [2.75, 3.05) is 13.2 Å². The van der Waals surface area contributed by atoms with Gasteiger partial charge in [-0.1, -0.05) is 19.9 Å². The first-order valence-corrected chi connectivity index (χ1v) is 8.86. The Kier molecular flexibility index (Phi) is 7.68. The van der Waals surface area contributed by atoms with E-state index in [1.807, 2.05) is 13.8 Å². The quantitative estimate of drug-likeness (QED) is 0.348. The Bertz CT molecular complexity index is 689. The lowest BCUT2D eigenvalue weighted by molar-refractivity contribution is -0.148. The number of ether oxygens (including phenoxy) is 1. The molecule has 2 unspecified atom stereocenters. The second kappa shape index (κ2) is 9.10. The fraction of sp³-hybridized carbons (Fsp3) is 0.550. The fourth-order valence-electron chi connectivity index (χ4n) is 3.01. The van der Waals surface area contributed by atoms with Crippen LogP contribution in [-0.2, 0) is 19.1 Å². The van der Waals surface area contributed by atoms with Crippen LogP contribution in [-0.4, -0.2) is 52.7 Å². The summed E-state index contributed by atoms with van der Waals surface area (Å²) < 4.78 is 4.77. The monoisotopic (exact) mass is 379 g/mol. The molecule has 0 aromatic heterocycles. The van der Waals surface area contributed by atoms with E-state index >= 15 is 0 Å². The van der Waals surface area contributed by atoms with Gasteiger partial charge in [-0.3, -0.25) is 9.59 Å². The van der Waals surface area contributed by atoms with Crippen LogP contribution in [0.25, 0.3) is 0 Å². The highest BCUT2D eigenvalue weighted by molar-refractivity contribution is 5.93. The molecular formula is C20H29NO6. The first-order valence-electron chi connectivity index (χ1n) is 8.86. The molecule has 27 heavy (non-hydrogen) atoms. The molecule has 0 radical (unpaired) electrons. The molecule has 0 fully saturated rings. The Morgan fingerprint density at radius 2 is 2.04 bits per heavy atom. The maximum Gasteiger partial charge on any atom is 0.331 e. The number of rotatable bonds is 7. The lowest BCUT2D eigenvalue weighted by atomic mass is 9.64. The summed E-state index contributed by atoms with van der Waals surface area (Å²) in [4.78, 5) is 35.4. The van der Waals surface area contributed by atoms with Gasteiger partial charge in [-0.2, -0.15) is 0 Å². The number of esters is 1. The van der Waals surface area contributed by atoms with E-state index in [0.29, 0.717) is 11.1 Å². The van der Waals surface area contributed by atoms with Crippen LogP contribution >= 0.6 is 0 Å². The predicted octanol–water partition coefficient (Wildman–Crippen LogP) is 1.21. The van der Waals surface area contributed by atoms with Crippen molar-refractivity contribution in [3.8, 4) is 0 Å². The van der Waals surface area contributed by atoms with Crippen LogP contribution in [0.3, 0.4) is 0 Å². The van der Waals surface area contributed by atoms with Crippen LogP contribution in [0.2, 0.25) is 0 Å². The van der Waals surface area contributed by atoms with Crippen LogP contribution in [0, 0.1) is 5.41 Å². The molecule has 0 saturated carbocycles. The van der Waals surface area contributed by atoms with E-state index < -0.39 is 35.5 Å². The van der Waals surface area contributed by atoms with Gasteiger partial charge in [0.25, 0.3) is 0 Å². The van der Waals surface area contributed by atoms with E-state index in [1.54, 1.807) is 32.9 Å². The van der Waals surface area contributed by atoms with E-state index in [4.69, 9.17) is 4.74 Å². The van der Waals surface area contributed by atoms with Gasteiger partial charge in [-0.15, -0.1) is 0 Å². The molecule has 1 aliphatic rings. The van der Waals surface area contributed by atoms with Gasteiger partial charge >= 0.3 is 5.97 Å². The highest BCUT2D eigenvalue weighted by atomic mass is 16.5. The van der Waals surface area contributed by atoms with Crippen molar-refractivity contribution in [1.29, 1.82) is 0 Å². The number of ketones is 1. The van der Waals surface area contributed by atoms with E-state index in [9.17, 15) is 24.6 Å². The average Bonchev–Trinajstić information content (AvgIpc) is 2.55. The number of aliphatic hydroxyl groups excluding tert-OH is 1. The van der Waals surface area contributed by atoms with Crippen LogP contribution in [0.15, 0.2) is 35.5 Å². The molecule has 1 aliphatic carbocycles. The smallest absolute Gasteiger partial charge is 0.331 e. The van der Waals surface area contributed by atoms with Gasteiger partial charge in [0.05, 0.1) is 13.2 Å². The summed E-state index contributed by atoms with van der Waals surface area (Å²) >= 11 is 0. The normalized spacial score (nSPS) is 23.7. The molecular weight excluding hydrogens is 350 g/mol. The van der Waals surface area contributed by atoms with Gasteiger partial charge in [-0.25, -0.2) is 4.79 Å². The maximum absolute atomic E-state index is 12.0. The number of aliphatic hydroxyl groups is 2. The molecule has 0 heterocycles. The number of hydrogen-bond donors (Lipinski definition) is 3. The summed E-state index contributed by atoms with van der Waals surface area (Å²) in [6.45, 7) is 8.18. The largest absolute Gasteiger partial charge is 0.464 e. The fourth-order valence-corrected chi connectivity index (χ4v) is 3.01. The van der Waals surface area contributed by atoms with Gasteiger partial charge in [0.1, 0.15) is 5.60 Å². The third kappa shape index (κ3) is 5.61. The second-order valence-corrected chi connectivity index (χ2v) is 7.34. The molecule has 0 aromatic rings. The van der Waals surface area contributed by atoms with Gasteiger partial charge < -0.3 is 20.3 Å². The molecule has 1 amide bonds. The predicted molar refractivity (Wildman–Crippen MR) is 101 cm³/mol. The Labute approximate surface area is 159 Å². The van der Waals surface area contributed by atoms with E-state index in [0.717, 1.165) is 0 Å². The van der Waals surface area contributed by atoms with Crippen molar-refractivity contribution >= 4 is 17.7 Å². The van der Waals surface area contributed by atoms with Gasteiger partial charge in [0.15, 0.2) is 11.8 Å². The molecule has 0 saturated heterocycles. The van der Waals surface area contributed by atoms with E-state index in [2.05, 4.69) is 5.32 Å². The van der Waals surface area contributed by atoms with Crippen molar-refractivity contribution in [3.63, 3.8) is 0 Å². The molecule has 1 rings (SSSR count). The summed E-state index contributed by atoms with van der Waals surface area (Å²) in [5.74, 6) is -1.31. The zero-order chi connectivity index (χ0) is 20.8. The van der Waals surface area contributed by atoms with Crippen LogP contribution < -0.4 is 5.32 Å². The number of nitrogens with one attached hydrogen (secondary N) is 1. The van der Waals surface area contributed by atoms with E-state index in [-0.39, 0.29) is 18.8 Å². The highest BCUT2D eigenvalue weighted by Crippen LogP contribution is 2.44. The zero-order valence-corrected chi connectivity index (χ0v) is 16.5. The molecule has 0 bridgehead atoms. The van der Waals surface area contributed by atoms with Crippen LogP contribution in [0.1, 0.15) is 41.0 Å². The molecule has 0 aliphatic heterocycles. The number of carbonyl (C=O) groups excluding carboxylic acids is 3. The lowest BCUT2D eigenvalue weighted by Gasteiger charge is -2.44. The number of carbonyl (C=O) groups is 3. The minimum atomic E-state index is -1.31. The number of allylic oxidation sites excluding steroid dienone is 3. The zero-order valence-electron chi connectivity index (χ0n) is 16.5. The van der Waals surface area contributed by atoms with Crippen molar-refractivity contribution in [1.82, 2.24) is 5.32 Å². The topological polar surface area (TPSA) is 113 Å². The Balaban J connectivity index is 2.91. The summed E-state index contributed by atoms with van der Waals surface area (Å²) in [6, 6.07) is -1.14. The summed E-state index contributed by atoms with van der Waals surface area (Å²) in [6.07, 6.45) is 6.06. The molecule has 0 spiro atoms. The minimum absolute atomic E-state index is 0.0313. The SMILES string of the molecule is CCOC(=O)C(CO)NC(=O)/C=C(C)/C=C/C1(O)C(C)=CC(=O)CC1(C)C. The molecule has 0 aromatic carbocycles. The first kappa shape index (κ1) is 22.8. The Hall–Kier alpha value is -2.25. The standard InChI is InChI=1S/C20H29NO6/c1-6-27-18(25)16(12-22)21-17(24)9-13(2)7-8-20(26)14(3)10-15(23)11-19(20,4)5/h7-10,16,22,26H,6,11-12H2,1-5H3,(H,21,24)/b8-7+,13-9+. The summed E-state index contributed by atoms with van der Waals surface area (Å²) in [5, 5.41) is 22.6. The van der Waals surface area contributed by atoms with Crippen molar-refractivity contribution in [2.24, 2.45) is 5.41 Å². The Morgan fingerprint density at radius 1 is 1.41 bits per heavy atom.